The maximum absolute atomic E-state index is 10.7. The van der Waals surface area contributed by atoms with Crippen molar-refractivity contribution in [2.75, 3.05) is 72.7 Å². The zero-order chi connectivity index (χ0) is 26.5. The highest BCUT2D eigenvalue weighted by Crippen LogP contribution is 2.04. The minimum Gasteiger partial charge on any atom is -0.378 e. The summed E-state index contributed by atoms with van der Waals surface area (Å²) in [6.07, 6.45) is 5.40. The summed E-state index contributed by atoms with van der Waals surface area (Å²) >= 11 is 0. The molecule has 36 heavy (non-hydrogen) atoms. The molecular formula is C25H42O11. The van der Waals surface area contributed by atoms with Crippen molar-refractivity contribution in [3.05, 3.63) is 12.7 Å². The van der Waals surface area contributed by atoms with Gasteiger partial charge in [0, 0.05) is 25.7 Å². The molecule has 0 amide bonds. The third-order valence-electron chi connectivity index (χ3n) is 4.44. The molecule has 0 saturated carbocycles. The molecular weight excluding hydrogens is 476 g/mol. The van der Waals surface area contributed by atoms with Crippen molar-refractivity contribution in [2.45, 2.75) is 50.4 Å². The second-order valence-corrected chi connectivity index (χ2v) is 7.60. The van der Waals surface area contributed by atoms with E-state index in [0.717, 1.165) is 25.1 Å². The molecule has 208 valence electrons. The van der Waals surface area contributed by atoms with Crippen LogP contribution in [-0.4, -0.2) is 116 Å². The Hall–Kier alpha value is -1.86. The Morgan fingerprint density at radius 2 is 0.750 bits per heavy atom. The number of aldehydes is 4. The third kappa shape index (κ3) is 22.6. The Bertz CT molecular complexity index is 504. The molecule has 3 atom stereocenters. The zero-order valence-corrected chi connectivity index (χ0v) is 21.1. The number of hydrogen-bond donors (Lipinski definition) is 0. The summed E-state index contributed by atoms with van der Waals surface area (Å²) in [5, 5.41) is 0. The van der Waals surface area contributed by atoms with Gasteiger partial charge < -0.3 is 52.3 Å². The van der Waals surface area contributed by atoms with Gasteiger partial charge in [-0.15, -0.1) is 6.58 Å². The van der Waals surface area contributed by atoms with E-state index in [4.69, 9.17) is 33.2 Å². The number of hydrogen-bond acceptors (Lipinski definition) is 11. The van der Waals surface area contributed by atoms with E-state index in [0.29, 0.717) is 19.6 Å². The van der Waals surface area contributed by atoms with E-state index in [1.54, 1.807) is 6.08 Å². The van der Waals surface area contributed by atoms with Gasteiger partial charge in [0.15, 0.2) is 0 Å². The molecule has 0 N–H and O–H groups in total. The largest absolute Gasteiger partial charge is 0.378 e. The average Bonchev–Trinajstić information content (AvgIpc) is 2.88. The van der Waals surface area contributed by atoms with Crippen LogP contribution in [0.4, 0.5) is 0 Å². The SMILES string of the molecule is C=CCCOCC(COCC(COCC(COCCC=O)OCCC=O)OCCC=O)OCCC=O. The molecule has 0 aliphatic carbocycles. The molecule has 0 rings (SSSR count). The van der Waals surface area contributed by atoms with Crippen LogP contribution in [0, 0.1) is 0 Å². The van der Waals surface area contributed by atoms with Gasteiger partial charge in [0.1, 0.15) is 43.5 Å². The highest BCUT2D eigenvalue weighted by molar-refractivity contribution is 5.49. The normalized spacial score (nSPS) is 13.6. The van der Waals surface area contributed by atoms with Crippen LogP contribution >= 0.6 is 0 Å². The van der Waals surface area contributed by atoms with Crippen LogP contribution in [-0.2, 0) is 52.3 Å². The molecule has 11 heteroatoms. The van der Waals surface area contributed by atoms with Gasteiger partial charge in [0.25, 0.3) is 0 Å². The first kappa shape index (κ1) is 34.1. The fourth-order valence-electron chi connectivity index (χ4n) is 2.67. The highest BCUT2D eigenvalue weighted by Gasteiger charge is 2.16. The van der Waals surface area contributed by atoms with Crippen molar-refractivity contribution < 1.29 is 52.3 Å². The van der Waals surface area contributed by atoms with Crippen molar-refractivity contribution in [3.63, 3.8) is 0 Å². The van der Waals surface area contributed by atoms with Crippen LogP contribution in [0.25, 0.3) is 0 Å². The van der Waals surface area contributed by atoms with E-state index >= 15 is 0 Å². The maximum atomic E-state index is 10.7. The number of carbonyl (C=O) groups excluding carboxylic acids is 4. The fraction of sp³-hybridized carbons (Fsp3) is 0.760. The van der Waals surface area contributed by atoms with Gasteiger partial charge in [-0.05, 0) is 6.42 Å². The van der Waals surface area contributed by atoms with E-state index in [1.165, 1.54) is 0 Å². The quantitative estimate of drug-likeness (QED) is 0.0770. The molecule has 0 aromatic heterocycles. The first-order valence-electron chi connectivity index (χ1n) is 12.2. The molecule has 0 aromatic rings. The Balaban J connectivity index is 4.63. The predicted molar refractivity (Wildman–Crippen MR) is 130 cm³/mol. The van der Waals surface area contributed by atoms with Crippen LogP contribution in [0.3, 0.4) is 0 Å². The van der Waals surface area contributed by atoms with Gasteiger partial charge in [0.05, 0.1) is 72.7 Å². The minimum absolute atomic E-state index is 0.174. The summed E-state index contributed by atoms with van der Waals surface area (Å²) in [5.74, 6) is 0. The number of ether oxygens (including phenoxy) is 7. The van der Waals surface area contributed by atoms with Gasteiger partial charge in [0.2, 0.25) is 0 Å². The van der Waals surface area contributed by atoms with Gasteiger partial charge in [-0.1, -0.05) is 6.08 Å². The molecule has 11 nitrogen and oxygen atoms in total. The zero-order valence-electron chi connectivity index (χ0n) is 21.1. The summed E-state index contributed by atoms with van der Waals surface area (Å²) < 4.78 is 39.4. The first-order valence-corrected chi connectivity index (χ1v) is 12.2. The lowest BCUT2D eigenvalue weighted by molar-refractivity contribution is -0.119. The summed E-state index contributed by atoms with van der Waals surface area (Å²) in [6, 6.07) is 0. The molecule has 0 saturated heterocycles. The van der Waals surface area contributed by atoms with Gasteiger partial charge >= 0.3 is 0 Å². The Labute approximate surface area is 213 Å². The van der Waals surface area contributed by atoms with E-state index < -0.39 is 12.2 Å². The molecule has 0 bridgehead atoms. The number of carbonyl (C=O) groups is 4. The van der Waals surface area contributed by atoms with E-state index in [2.05, 4.69) is 6.58 Å². The van der Waals surface area contributed by atoms with Gasteiger partial charge in [-0.2, -0.15) is 0 Å². The molecule has 0 spiro atoms. The van der Waals surface area contributed by atoms with E-state index in [1.807, 2.05) is 0 Å². The Kier molecular flexibility index (Phi) is 26.3. The van der Waals surface area contributed by atoms with E-state index in [9.17, 15) is 19.2 Å². The molecule has 0 aliphatic heterocycles. The van der Waals surface area contributed by atoms with E-state index in [-0.39, 0.29) is 91.2 Å². The topological polar surface area (TPSA) is 133 Å². The van der Waals surface area contributed by atoms with Crippen molar-refractivity contribution in [1.82, 2.24) is 0 Å². The lowest BCUT2D eigenvalue weighted by atomic mass is 10.3. The molecule has 0 fully saturated rings. The Morgan fingerprint density at radius 1 is 0.444 bits per heavy atom. The second kappa shape index (κ2) is 27.7. The van der Waals surface area contributed by atoms with Crippen LogP contribution < -0.4 is 0 Å². The third-order valence-corrected chi connectivity index (χ3v) is 4.44. The van der Waals surface area contributed by atoms with Crippen LogP contribution in [0.2, 0.25) is 0 Å². The van der Waals surface area contributed by atoms with Crippen molar-refractivity contribution in [1.29, 1.82) is 0 Å². The van der Waals surface area contributed by atoms with Crippen molar-refractivity contribution in [3.8, 4) is 0 Å². The summed E-state index contributed by atoms with van der Waals surface area (Å²) in [6.45, 7) is 6.45. The van der Waals surface area contributed by atoms with Crippen LogP contribution in [0.1, 0.15) is 32.1 Å². The van der Waals surface area contributed by atoms with Crippen LogP contribution in [0.15, 0.2) is 12.7 Å². The standard InChI is InChI=1S/C25H42O11/c1-2-3-12-30-17-23(34-14-5-9-27)19-32-21-25(36-16-7-11-29)22-33-20-24(35-15-6-10-28)18-31-13-4-8-26/h2,8-11,23-25H,1,3-7,12-22H2. The minimum atomic E-state index is -0.450. The molecule has 0 aliphatic rings. The smallest absolute Gasteiger partial charge is 0.122 e. The van der Waals surface area contributed by atoms with Gasteiger partial charge in [-0.25, -0.2) is 0 Å². The fourth-order valence-corrected chi connectivity index (χ4v) is 2.67. The highest BCUT2D eigenvalue weighted by atomic mass is 16.6. The van der Waals surface area contributed by atoms with Gasteiger partial charge in [-0.3, -0.25) is 0 Å². The average molecular weight is 519 g/mol. The first-order chi connectivity index (χ1) is 17.7. The van der Waals surface area contributed by atoms with Crippen molar-refractivity contribution in [2.24, 2.45) is 0 Å². The summed E-state index contributed by atoms with van der Waals surface area (Å²) in [4.78, 5) is 42.2. The summed E-state index contributed by atoms with van der Waals surface area (Å²) in [7, 11) is 0. The monoisotopic (exact) mass is 518 g/mol. The van der Waals surface area contributed by atoms with Crippen LogP contribution in [0.5, 0.6) is 0 Å². The summed E-state index contributed by atoms with van der Waals surface area (Å²) in [5.41, 5.74) is 0. The lowest BCUT2D eigenvalue weighted by Gasteiger charge is -2.23. The molecule has 0 heterocycles. The predicted octanol–water partition coefficient (Wildman–Crippen LogP) is 1.14. The number of rotatable bonds is 30. The Morgan fingerprint density at radius 3 is 1.08 bits per heavy atom. The van der Waals surface area contributed by atoms with Crippen molar-refractivity contribution >= 4 is 25.1 Å². The molecule has 0 radical (unpaired) electrons. The second-order valence-electron chi connectivity index (χ2n) is 7.60. The molecule has 3 unspecified atom stereocenters. The maximum Gasteiger partial charge on any atom is 0.122 e. The molecule has 0 aromatic carbocycles. The lowest BCUT2D eigenvalue weighted by Crippen LogP contribution is -2.33.